The highest BCUT2D eigenvalue weighted by molar-refractivity contribution is 5.82. The molecule has 0 rings (SSSR count). The molecule has 0 aliphatic carbocycles. The van der Waals surface area contributed by atoms with Gasteiger partial charge in [0.05, 0.1) is 12.2 Å². The molecule has 0 atom stereocenters. The van der Waals surface area contributed by atoms with Gasteiger partial charge in [-0.15, -0.1) is 0 Å². The van der Waals surface area contributed by atoms with Crippen LogP contribution in [0.25, 0.3) is 0 Å². The molecule has 0 spiro atoms. The average molecular weight is 547 g/mol. The Labute approximate surface area is 226 Å². The number of hydrogen-bond acceptors (Lipinski definition) is 11. The summed E-state index contributed by atoms with van der Waals surface area (Å²) in [7, 11) is 0. The lowest BCUT2D eigenvalue weighted by molar-refractivity contribution is -0.321. The highest BCUT2D eigenvalue weighted by Crippen LogP contribution is 2.29. The Morgan fingerprint density at radius 1 is 0.605 bits per heavy atom. The minimum Gasteiger partial charge on any atom is -0.420 e. The molecule has 220 valence electrons. The van der Waals surface area contributed by atoms with E-state index in [-0.39, 0.29) is 5.41 Å². The van der Waals surface area contributed by atoms with Crippen molar-refractivity contribution in [3.05, 3.63) is 24.7 Å². The van der Waals surface area contributed by atoms with Gasteiger partial charge >= 0.3 is 18.1 Å². The molecule has 0 radical (unpaired) electrons. The predicted octanol–water partition coefficient (Wildman–Crippen LogP) is 6.42. The molecule has 0 saturated carbocycles. The lowest BCUT2D eigenvalue weighted by Gasteiger charge is -2.30. The van der Waals surface area contributed by atoms with Crippen LogP contribution in [0, 0.1) is 5.41 Å². The summed E-state index contributed by atoms with van der Waals surface area (Å²) in [5.41, 5.74) is -1.09. The van der Waals surface area contributed by atoms with Crippen molar-refractivity contribution in [2.45, 2.75) is 125 Å². The van der Waals surface area contributed by atoms with Gasteiger partial charge in [0.1, 0.15) is 23.7 Å². The van der Waals surface area contributed by atoms with Gasteiger partial charge in [-0.25, -0.2) is 14.4 Å². The van der Waals surface area contributed by atoms with Crippen molar-refractivity contribution in [3.8, 4) is 0 Å². The molecule has 0 aromatic rings. The first-order valence-electron chi connectivity index (χ1n) is 12.5. The predicted molar refractivity (Wildman–Crippen MR) is 138 cm³/mol. The third kappa shape index (κ3) is 18.5. The van der Waals surface area contributed by atoms with E-state index >= 15 is 0 Å². The van der Waals surface area contributed by atoms with Gasteiger partial charge in [-0.2, -0.15) is 9.78 Å². The summed E-state index contributed by atoms with van der Waals surface area (Å²) in [6, 6.07) is 0. The number of rotatable bonds is 15. The summed E-state index contributed by atoms with van der Waals surface area (Å²) >= 11 is 0. The van der Waals surface area contributed by atoms with Crippen LogP contribution in [0.4, 0.5) is 4.79 Å². The molecule has 0 aromatic carbocycles. The van der Waals surface area contributed by atoms with E-state index in [0.29, 0.717) is 6.42 Å². The van der Waals surface area contributed by atoms with Crippen LogP contribution in [0.15, 0.2) is 24.7 Å². The monoisotopic (exact) mass is 546 g/mol. The summed E-state index contributed by atoms with van der Waals surface area (Å²) in [5, 5.41) is 0. The van der Waals surface area contributed by atoms with Crippen LogP contribution >= 0.6 is 0 Å². The lowest BCUT2D eigenvalue weighted by Crippen LogP contribution is -2.39. The van der Waals surface area contributed by atoms with Crippen molar-refractivity contribution in [2.75, 3.05) is 0 Å². The maximum absolute atomic E-state index is 12.2. The van der Waals surface area contributed by atoms with Gasteiger partial charge in [-0.1, -0.05) is 34.1 Å². The molecule has 0 aliphatic heterocycles. The third-order valence-corrected chi connectivity index (χ3v) is 4.23. The maximum Gasteiger partial charge on any atom is 0.514 e. The summed E-state index contributed by atoms with van der Waals surface area (Å²) < 4.78 is 20.2. The zero-order valence-corrected chi connectivity index (χ0v) is 24.9. The fourth-order valence-electron chi connectivity index (χ4n) is 3.45. The highest BCUT2D eigenvalue weighted by atomic mass is 17.2. The van der Waals surface area contributed by atoms with E-state index in [4.69, 9.17) is 38.5 Å². The standard InChI is InChI=1S/C27H46O11/c1-13-16-24(5,6)37-31-17-14-20(28)33-26(9,10)35-22(30)36-27(11,12)34-21(29)15-18-32-38-25(7,8)19-23(2,3)4/h14-15,17-18H,13,16,19H2,1-12H3. The van der Waals surface area contributed by atoms with Crippen molar-refractivity contribution in [2.24, 2.45) is 5.41 Å². The van der Waals surface area contributed by atoms with Crippen LogP contribution < -0.4 is 0 Å². The quantitative estimate of drug-likeness (QED) is 0.0564. The summed E-state index contributed by atoms with van der Waals surface area (Å²) in [4.78, 5) is 56.7. The smallest absolute Gasteiger partial charge is 0.420 e. The van der Waals surface area contributed by atoms with Crippen LogP contribution in [-0.4, -0.2) is 40.9 Å². The molecular formula is C27H46O11. The SMILES string of the molecule is CCCC(C)(C)OOC=CC(=O)OC(C)(C)OC(=O)OC(C)(C)OC(=O)C=COOC(C)(C)CC(C)(C)C. The molecule has 0 N–H and O–H groups in total. The number of esters is 2. The van der Waals surface area contributed by atoms with Gasteiger partial charge in [0, 0.05) is 27.7 Å². The van der Waals surface area contributed by atoms with E-state index in [1.54, 1.807) is 0 Å². The highest BCUT2D eigenvalue weighted by Gasteiger charge is 2.33. The second-order valence-electron chi connectivity index (χ2n) is 12.1. The zero-order chi connectivity index (χ0) is 29.8. The number of hydrogen-bond donors (Lipinski definition) is 0. The van der Waals surface area contributed by atoms with Crippen molar-refractivity contribution in [1.29, 1.82) is 0 Å². The number of carbonyl (C=O) groups is 3. The maximum atomic E-state index is 12.2. The van der Waals surface area contributed by atoms with Gasteiger partial charge in [-0.3, -0.25) is 0 Å². The molecule has 0 amide bonds. The third-order valence-electron chi connectivity index (χ3n) is 4.23. The second-order valence-corrected chi connectivity index (χ2v) is 12.1. The number of carbonyl (C=O) groups excluding carboxylic acids is 3. The normalized spacial score (nSPS) is 13.4. The zero-order valence-electron chi connectivity index (χ0n) is 24.9. The summed E-state index contributed by atoms with van der Waals surface area (Å²) in [5.74, 6) is -5.13. The van der Waals surface area contributed by atoms with E-state index in [2.05, 4.69) is 20.8 Å². The number of ether oxygens (including phenoxy) is 4. The van der Waals surface area contributed by atoms with Gasteiger partial charge in [0.15, 0.2) is 0 Å². The minimum absolute atomic E-state index is 0.0176. The van der Waals surface area contributed by atoms with Crippen LogP contribution in [-0.2, 0) is 48.1 Å². The molecule has 0 saturated heterocycles. The molecule has 0 aliphatic rings. The molecule has 0 aromatic heterocycles. The van der Waals surface area contributed by atoms with E-state index < -0.39 is 40.9 Å². The first-order valence-corrected chi connectivity index (χ1v) is 12.5. The topological polar surface area (TPSA) is 125 Å². The Balaban J connectivity index is 4.64. The van der Waals surface area contributed by atoms with E-state index in [1.165, 1.54) is 27.7 Å². The average Bonchev–Trinajstić information content (AvgIpc) is 2.64. The van der Waals surface area contributed by atoms with Crippen molar-refractivity contribution < 1.29 is 52.9 Å². The van der Waals surface area contributed by atoms with Gasteiger partial charge in [-0.05, 0) is 46.0 Å². The van der Waals surface area contributed by atoms with Gasteiger partial charge in [0.2, 0.25) is 0 Å². The molecule has 11 heteroatoms. The molecule has 38 heavy (non-hydrogen) atoms. The van der Waals surface area contributed by atoms with Crippen LogP contribution in [0.3, 0.4) is 0 Å². The molecule has 0 unspecified atom stereocenters. The van der Waals surface area contributed by atoms with Crippen LogP contribution in [0.5, 0.6) is 0 Å². The van der Waals surface area contributed by atoms with Gasteiger partial charge < -0.3 is 28.7 Å². The first kappa shape index (κ1) is 35.2. The molecule has 0 fully saturated rings. The fraction of sp³-hybridized carbons (Fsp3) is 0.741. The largest absolute Gasteiger partial charge is 0.514 e. The van der Waals surface area contributed by atoms with Crippen molar-refractivity contribution >= 4 is 18.1 Å². The first-order chi connectivity index (χ1) is 17.1. The van der Waals surface area contributed by atoms with Crippen molar-refractivity contribution in [1.82, 2.24) is 0 Å². The summed E-state index contributed by atoms with van der Waals surface area (Å²) in [6.07, 6.45) is 5.11. The Morgan fingerprint density at radius 3 is 1.37 bits per heavy atom. The molecule has 11 nitrogen and oxygen atoms in total. The summed E-state index contributed by atoms with van der Waals surface area (Å²) in [6.45, 7) is 20.9. The van der Waals surface area contributed by atoms with Crippen LogP contribution in [0.2, 0.25) is 0 Å². The second kappa shape index (κ2) is 14.4. The van der Waals surface area contributed by atoms with E-state index in [1.807, 2.05) is 34.6 Å². The fourth-order valence-corrected chi connectivity index (χ4v) is 3.45. The lowest BCUT2D eigenvalue weighted by atomic mass is 9.84. The Bertz CT molecular complexity index is 830. The van der Waals surface area contributed by atoms with E-state index in [0.717, 1.165) is 37.5 Å². The molecule has 0 bridgehead atoms. The minimum atomic E-state index is -1.71. The van der Waals surface area contributed by atoms with Crippen LogP contribution in [0.1, 0.15) is 102 Å². The van der Waals surface area contributed by atoms with E-state index in [9.17, 15) is 14.4 Å². The van der Waals surface area contributed by atoms with Gasteiger partial charge in [0.25, 0.3) is 11.6 Å². The Morgan fingerprint density at radius 2 is 1.00 bits per heavy atom. The molecular weight excluding hydrogens is 500 g/mol. The van der Waals surface area contributed by atoms with Crippen molar-refractivity contribution in [3.63, 3.8) is 0 Å². The Hall–Kier alpha value is -2.79. The Kier molecular flexibility index (Phi) is 13.3. The molecule has 0 heterocycles.